The smallest absolute Gasteiger partial charge is 0.272 e. The van der Waals surface area contributed by atoms with Crippen molar-refractivity contribution in [1.29, 1.82) is 0 Å². The number of nitrogens with zero attached hydrogens (tertiary/aromatic N) is 2. The third kappa shape index (κ3) is 4.56. The van der Waals surface area contributed by atoms with Gasteiger partial charge in [0.05, 0.1) is 12.1 Å². The van der Waals surface area contributed by atoms with Crippen molar-refractivity contribution in [3.05, 3.63) is 92.8 Å². The maximum Gasteiger partial charge on any atom is 0.272 e. The van der Waals surface area contributed by atoms with Gasteiger partial charge in [0.15, 0.2) is 0 Å². The van der Waals surface area contributed by atoms with Crippen LogP contribution in [0.15, 0.2) is 76.0 Å². The van der Waals surface area contributed by atoms with E-state index in [0.717, 1.165) is 28.6 Å². The molecule has 1 aromatic heterocycles. The molecule has 0 atom stereocenters. The maximum absolute atomic E-state index is 12.8. The number of ether oxygens (including phenoxy) is 1. The molecule has 1 amide bonds. The second kappa shape index (κ2) is 8.21. The van der Waals surface area contributed by atoms with Crippen LogP contribution in [-0.2, 0) is 12.1 Å². The summed E-state index contributed by atoms with van der Waals surface area (Å²) in [6, 6.07) is 20.1. The molecule has 1 fully saturated rings. The van der Waals surface area contributed by atoms with E-state index in [2.05, 4.69) is 26.3 Å². The van der Waals surface area contributed by atoms with E-state index in [1.165, 1.54) is 16.8 Å². The molecule has 2 aromatic carbocycles. The monoisotopic (exact) mass is 453 g/mol. The summed E-state index contributed by atoms with van der Waals surface area (Å²) in [5.74, 6) is 0.433. The molecule has 1 N–H and O–H groups in total. The predicted molar refractivity (Wildman–Crippen MR) is 113 cm³/mol. The predicted octanol–water partition coefficient (Wildman–Crippen LogP) is 3.50. The molecule has 148 valence electrons. The molecule has 29 heavy (non-hydrogen) atoms. The highest BCUT2D eigenvalue weighted by Gasteiger charge is 2.45. The van der Waals surface area contributed by atoms with Crippen LogP contribution in [0.3, 0.4) is 0 Å². The third-order valence-corrected chi connectivity index (χ3v) is 5.44. The molecule has 1 aliphatic rings. The van der Waals surface area contributed by atoms with Crippen molar-refractivity contribution in [3.8, 4) is 5.75 Å². The zero-order chi connectivity index (χ0) is 20.3. The number of rotatable bonds is 7. The van der Waals surface area contributed by atoms with Gasteiger partial charge < -0.3 is 10.1 Å². The molecular weight excluding hydrogens is 434 g/mol. The quantitative estimate of drug-likeness (QED) is 0.593. The minimum Gasteiger partial charge on any atom is -0.492 e. The summed E-state index contributed by atoms with van der Waals surface area (Å²) < 4.78 is 7.88. The van der Waals surface area contributed by atoms with Gasteiger partial charge >= 0.3 is 0 Å². The van der Waals surface area contributed by atoms with E-state index < -0.39 is 0 Å². The highest BCUT2D eigenvalue weighted by molar-refractivity contribution is 9.10. The second-order valence-electron chi connectivity index (χ2n) is 6.98. The molecule has 1 aliphatic carbocycles. The van der Waals surface area contributed by atoms with Gasteiger partial charge in [-0.25, -0.2) is 4.68 Å². The average molecular weight is 454 g/mol. The number of para-hydroxylation sites is 1. The summed E-state index contributed by atoms with van der Waals surface area (Å²) in [5.41, 5.74) is 0.662. The Morgan fingerprint density at radius 3 is 2.48 bits per heavy atom. The lowest BCUT2D eigenvalue weighted by atomic mass is 10.0. The molecule has 0 aliphatic heterocycles. The molecule has 0 saturated heterocycles. The first kappa shape index (κ1) is 19.4. The summed E-state index contributed by atoms with van der Waals surface area (Å²) in [6.07, 6.45) is 1.76. The Morgan fingerprint density at radius 2 is 1.79 bits per heavy atom. The van der Waals surface area contributed by atoms with Crippen LogP contribution in [0.5, 0.6) is 5.75 Å². The normalized spacial score (nSPS) is 14.2. The van der Waals surface area contributed by atoms with Gasteiger partial charge in [0, 0.05) is 10.5 Å². The van der Waals surface area contributed by atoms with Gasteiger partial charge in [0.2, 0.25) is 0 Å². The van der Waals surface area contributed by atoms with Crippen molar-refractivity contribution < 1.29 is 9.53 Å². The van der Waals surface area contributed by atoms with Crippen molar-refractivity contribution in [1.82, 2.24) is 15.1 Å². The number of carbonyl (C=O) groups excluding carboxylic acids is 1. The molecule has 0 radical (unpaired) electrons. The average Bonchev–Trinajstić information content (AvgIpc) is 3.51. The number of benzene rings is 2. The fourth-order valence-corrected chi connectivity index (χ4v) is 3.42. The fourth-order valence-electron chi connectivity index (χ4n) is 3.16. The summed E-state index contributed by atoms with van der Waals surface area (Å²) >= 11 is 3.43. The fraction of sp³-hybridized carbons (Fsp3) is 0.227. The van der Waals surface area contributed by atoms with Crippen molar-refractivity contribution >= 4 is 21.8 Å². The van der Waals surface area contributed by atoms with E-state index in [0.29, 0.717) is 0 Å². The highest BCUT2D eigenvalue weighted by atomic mass is 79.9. The largest absolute Gasteiger partial charge is 0.492 e. The van der Waals surface area contributed by atoms with Crippen molar-refractivity contribution in [2.24, 2.45) is 0 Å². The molecule has 0 spiro atoms. The van der Waals surface area contributed by atoms with Crippen LogP contribution in [-0.4, -0.2) is 22.3 Å². The van der Waals surface area contributed by atoms with E-state index in [1.54, 1.807) is 0 Å². The Balaban J connectivity index is 1.43. The van der Waals surface area contributed by atoms with E-state index in [4.69, 9.17) is 4.74 Å². The first-order valence-corrected chi connectivity index (χ1v) is 10.2. The summed E-state index contributed by atoms with van der Waals surface area (Å²) in [7, 11) is 0. The Bertz CT molecular complexity index is 1060. The molecule has 1 heterocycles. The zero-order valence-electron chi connectivity index (χ0n) is 15.7. The number of hydrogen-bond donors (Lipinski definition) is 1. The topological polar surface area (TPSA) is 73.2 Å². The second-order valence-corrected chi connectivity index (χ2v) is 7.90. The van der Waals surface area contributed by atoms with Crippen molar-refractivity contribution in [2.75, 3.05) is 6.61 Å². The van der Waals surface area contributed by atoms with Gasteiger partial charge in [-0.3, -0.25) is 9.59 Å². The van der Waals surface area contributed by atoms with Crippen LogP contribution in [0.2, 0.25) is 0 Å². The molecule has 0 bridgehead atoms. The van der Waals surface area contributed by atoms with E-state index in [1.807, 2.05) is 54.6 Å². The molecule has 1 saturated carbocycles. The van der Waals surface area contributed by atoms with Gasteiger partial charge in [0.1, 0.15) is 18.1 Å². The van der Waals surface area contributed by atoms with Gasteiger partial charge in [-0.05, 0) is 48.7 Å². The number of nitrogens with one attached hydrogen (secondary N) is 1. The highest BCUT2D eigenvalue weighted by Crippen LogP contribution is 2.45. The Kier molecular flexibility index (Phi) is 5.49. The molecule has 6 nitrogen and oxygen atoms in total. The summed E-state index contributed by atoms with van der Waals surface area (Å²) in [4.78, 5) is 24.9. The van der Waals surface area contributed by atoms with Crippen LogP contribution < -0.4 is 15.6 Å². The van der Waals surface area contributed by atoms with E-state index in [-0.39, 0.29) is 35.9 Å². The van der Waals surface area contributed by atoms with E-state index >= 15 is 0 Å². The van der Waals surface area contributed by atoms with Crippen LogP contribution in [0, 0.1) is 0 Å². The Hall–Kier alpha value is -2.93. The zero-order valence-corrected chi connectivity index (χ0v) is 17.3. The van der Waals surface area contributed by atoms with Gasteiger partial charge in [-0.1, -0.05) is 46.3 Å². The first-order chi connectivity index (χ1) is 14.1. The Labute approximate surface area is 176 Å². The molecule has 7 heteroatoms. The van der Waals surface area contributed by atoms with Crippen LogP contribution in [0.4, 0.5) is 0 Å². The summed E-state index contributed by atoms with van der Waals surface area (Å²) in [6.45, 7) is 0.539. The standard InChI is InChI=1S/C22H20BrN3O3/c23-17-8-6-16(7-9-17)22(12-13-22)24-21(28)19-10-11-20(27)26(25-19)14-15-29-18-4-2-1-3-5-18/h1-11H,12-15H2,(H,24,28). The minimum absolute atomic E-state index is 0.215. The SMILES string of the molecule is O=C(NC1(c2ccc(Br)cc2)CC1)c1ccc(=O)n(CCOc2ccccc2)n1. The maximum atomic E-state index is 12.8. The molecule has 4 rings (SSSR count). The van der Waals surface area contributed by atoms with Crippen LogP contribution in [0.25, 0.3) is 0 Å². The third-order valence-electron chi connectivity index (χ3n) is 4.91. The van der Waals surface area contributed by atoms with Gasteiger partial charge in [-0.15, -0.1) is 0 Å². The molecule has 3 aromatic rings. The van der Waals surface area contributed by atoms with Crippen molar-refractivity contribution in [3.63, 3.8) is 0 Å². The summed E-state index contributed by atoms with van der Waals surface area (Å²) in [5, 5.41) is 7.31. The molecular formula is C22H20BrN3O3. The lowest BCUT2D eigenvalue weighted by Crippen LogP contribution is -2.37. The van der Waals surface area contributed by atoms with Crippen LogP contribution in [0.1, 0.15) is 28.9 Å². The molecule has 0 unspecified atom stereocenters. The Morgan fingerprint density at radius 1 is 1.07 bits per heavy atom. The van der Waals surface area contributed by atoms with Crippen molar-refractivity contribution in [2.45, 2.75) is 24.9 Å². The van der Waals surface area contributed by atoms with Crippen LogP contribution >= 0.6 is 15.9 Å². The first-order valence-electron chi connectivity index (χ1n) is 9.40. The number of amides is 1. The van der Waals surface area contributed by atoms with E-state index in [9.17, 15) is 9.59 Å². The van der Waals surface area contributed by atoms with Gasteiger partial charge in [-0.2, -0.15) is 5.10 Å². The van der Waals surface area contributed by atoms with Gasteiger partial charge in [0.25, 0.3) is 11.5 Å². The lowest BCUT2D eigenvalue weighted by Gasteiger charge is -2.18. The minimum atomic E-state index is -0.350. The number of hydrogen-bond acceptors (Lipinski definition) is 4. The number of halogens is 1. The lowest BCUT2D eigenvalue weighted by molar-refractivity contribution is 0.0922. The number of carbonyl (C=O) groups is 1. The number of aromatic nitrogens is 2.